The van der Waals surface area contributed by atoms with E-state index in [0.717, 1.165) is 50.8 Å². The molecular weight excluding hydrogens is 478 g/mol. The van der Waals surface area contributed by atoms with Crippen LogP contribution in [0, 0.1) is 13.8 Å². The fourth-order valence-electron chi connectivity index (χ4n) is 4.00. The van der Waals surface area contributed by atoms with E-state index in [4.69, 9.17) is 16.3 Å². The van der Waals surface area contributed by atoms with Gasteiger partial charge in [0.25, 0.3) is 0 Å². The molecule has 6 nitrogen and oxygen atoms in total. The van der Waals surface area contributed by atoms with Crippen molar-refractivity contribution in [1.29, 1.82) is 0 Å². The Bertz CT molecular complexity index is 1300. The zero-order chi connectivity index (χ0) is 27.3. The number of nitrogens with zero attached hydrogens (tertiary/aromatic N) is 1. The minimum atomic E-state index is -0.0441. The largest absolute Gasteiger partial charge is 0.492 e. The molecule has 0 aliphatic heterocycles. The second kappa shape index (κ2) is 11.7. The summed E-state index contributed by atoms with van der Waals surface area (Å²) in [6.45, 7) is 15.0. The summed E-state index contributed by atoms with van der Waals surface area (Å²) >= 11 is 1.52. The standard InChI is InChI=1S/C30H39N5OS/c1-19-14-23(15-28(20(19)2)35(32)18-25(31)22-12-10-9-11-13-22)21(3)33-26-16-24(30(4,5)6)17-27(34-37-8)29(26)36-7/h9-18,33-34H,3,31-32H2,1-2,4-8H3/b25-18-. The number of hydrazine groups is 1. The highest BCUT2D eigenvalue weighted by atomic mass is 32.2. The normalized spacial score (nSPS) is 11.7. The number of aryl methyl sites for hydroxylation is 1. The SMILES string of the molecule is C=C(Nc1cc(C(C)(C)C)cc(NSC)c1OC)c1cc(C)c(C)c(N(N)/C=C(\N)c2ccccc2)c1. The van der Waals surface area contributed by atoms with Gasteiger partial charge in [-0.3, -0.25) is 5.01 Å². The number of rotatable bonds is 9. The fourth-order valence-corrected chi connectivity index (χ4v) is 4.37. The van der Waals surface area contributed by atoms with Gasteiger partial charge in [-0.2, -0.15) is 0 Å². The van der Waals surface area contributed by atoms with E-state index < -0.39 is 0 Å². The van der Waals surface area contributed by atoms with Crippen molar-refractivity contribution in [1.82, 2.24) is 0 Å². The van der Waals surface area contributed by atoms with E-state index in [-0.39, 0.29) is 5.41 Å². The fraction of sp³-hybridized carbons (Fsp3) is 0.267. The Balaban J connectivity index is 2.00. The molecule has 3 rings (SSSR count). The van der Waals surface area contributed by atoms with E-state index >= 15 is 0 Å². The van der Waals surface area contributed by atoms with Crippen LogP contribution in [0.4, 0.5) is 17.1 Å². The van der Waals surface area contributed by atoms with Crippen LogP contribution in [0.1, 0.15) is 48.6 Å². The second-order valence-corrected chi connectivity index (χ2v) is 10.7. The number of anilines is 3. The first-order valence-electron chi connectivity index (χ1n) is 12.1. The van der Waals surface area contributed by atoms with Crippen molar-refractivity contribution in [3.63, 3.8) is 0 Å². The molecule has 37 heavy (non-hydrogen) atoms. The van der Waals surface area contributed by atoms with Gasteiger partial charge in [0, 0.05) is 18.2 Å². The van der Waals surface area contributed by atoms with Crippen LogP contribution in [0.15, 0.2) is 67.4 Å². The number of hydrogen-bond acceptors (Lipinski definition) is 7. The van der Waals surface area contributed by atoms with Crippen LogP contribution in [0.5, 0.6) is 5.75 Å². The van der Waals surface area contributed by atoms with Gasteiger partial charge in [0.05, 0.1) is 29.9 Å². The van der Waals surface area contributed by atoms with Crippen LogP contribution in [-0.2, 0) is 5.41 Å². The molecule has 3 aromatic carbocycles. The molecule has 6 N–H and O–H groups in total. The van der Waals surface area contributed by atoms with Crippen molar-refractivity contribution in [3.05, 3.63) is 95.2 Å². The lowest BCUT2D eigenvalue weighted by molar-refractivity contribution is 0.418. The van der Waals surface area contributed by atoms with Gasteiger partial charge in [0.1, 0.15) is 0 Å². The molecular formula is C30H39N5OS. The highest BCUT2D eigenvalue weighted by Gasteiger charge is 2.20. The van der Waals surface area contributed by atoms with Gasteiger partial charge in [-0.05, 0) is 71.3 Å². The highest BCUT2D eigenvalue weighted by Crippen LogP contribution is 2.41. The summed E-state index contributed by atoms with van der Waals surface area (Å²) in [7, 11) is 1.68. The Labute approximate surface area is 225 Å². The molecule has 0 atom stereocenters. The monoisotopic (exact) mass is 517 g/mol. The molecule has 0 aromatic heterocycles. The zero-order valence-electron chi connectivity index (χ0n) is 22.9. The van der Waals surface area contributed by atoms with E-state index in [1.165, 1.54) is 17.5 Å². The molecule has 0 bridgehead atoms. The van der Waals surface area contributed by atoms with Crippen molar-refractivity contribution < 1.29 is 4.74 Å². The van der Waals surface area contributed by atoms with E-state index in [9.17, 15) is 0 Å². The first kappa shape index (κ1) is 28.0. The van der Waals surface area contributed by atoms with Crippen LogP contribution in [0.3, 0.4) is 0 Å². The van der Waals surface area contributed by atoms with Gasteiger partial charge >= 0.3 is 0 Å². The summed E-state index contributed by atoms with van der Waals surface area (Å²) in [6.07, 6.45) is 3.73. The molecule has 0 amide bonds. The number of ether oxygens (including phenoxy) is 1. The van der Waals surface area contributed by atoms with E-state index in [0.29, 0.717) is 5.70 Å². The van der Waals surface area contributed by atoms with E-state index in [2.05, 4.69) is 62.5 Å². The number of methoxy groups -OCH3 is 1. The van der Waals surface area contributed by atoms with Crippen LogP contribution >= 0.6 is 11.9 Å². The van der Waals surface area contributed by atoms with Crippen molar-refractivity contribution >= 4 is 40.4 Å². The average Bonchev–Trinajstić information content (AvgIpc) is 2.85. The first-order chi connectivity index (χ1) is 17.5. The molecule has 7 heteroatoms. The third kappa shape index (κ3) is 6.61. The van der Waals surface area contributed by atoms with E-state index in [1.54, 1.807) is 18.3 Å². The minimum Gasteiger partial charge on any atom is -0.492 e. The summed E-state index contributed by atoms with van der Waals surface area (Å²) in [6, 6.07) is 18.2. The Morgan fingerprint density at radius 3 is 2.27 bits per heavy atom. The van der Waals surface area contributed by atoms with Crippen molar-refractivity contribution in [2.24, 2.45) is 11.6 Å². The number of nitrogens with two attached hydrogens (primary N) is 2. The maximum absolute atomic E-state index is 6.49. The molecule has 0 unspecified atom stereocenters. The Kier molecular flexibility index (Phi) is 8.84. The number of benzene rings is 3. The Morgan fingerprint density at radius 1 is 1.03 bits per heavy atom. The molecule has 0 aliphatic rings. The van der Waals surface area contributed by atoms with Gasteiger partial charge in [-0.15, -0.1) is 0 Å². The Morgan fingerprint density at radius 2 is 1.68 bits per heavy atom. The first-order valence-corrected chi connectivity index (χ1v) is 13.3. The lowest BCUT2D eigenvalue weighted by atomic mass is 9.86. The lowest BCUT2D eigenvalue weighted by Crippen LogP contribution is -2.27. The molecule has 0 saturated heterocycles. The maximum atomic E-state index is 6.49. The molecule has 0 spiro atoms. The number of hydrogen-bond donors (Lipinski definition) is 4. The lowest BCUT2D eigenvalue weighted by Gasteiger charge is -2.25. The maximum Gasteiger partial charge on any atom is 0.166 e. The third-order valence-corrected chi connectivity index (χ3v) is 6.73. The average molecular weight is 518 g/mol. The van der Waals surface area contributed by atoms with Gasteiger partial charge in [0.15, 0.2) is 5.75 Å². The van der Waals surface area contributed by atoms with Crippen molar-refractivity contribution in [3.8, 4) is 5.75 Å². The highest BCUT2D eigenvalue weighted by molar-refractivity contribution is 7.99. The van der Waals surface area contributed by atoms with Crippen molar-refractivity contribution in [2.45, 2.75) is 40.0 Å². The topological polar surface area (TPSA) is 88.6 Å². The summed E-state index contributed by atoms with van der Waals surface area (Å²) < 4.78 is 9.14. The summed E-state index contributed by atoms with van der Waals surface area (Å²) in [5.74, 6) is 7.22. The minimum absolute atomic E-state index is 0.0441. The van der Waals surface area contributed by atoms with E-state index in [1.807, 2.05) is 49.6 Å². The molecule has 0 radical (unpaired) electrons. The van der Waals surface area contributed by atoms with Crippen LogP contribution in [-0.4, -0.2) is 13.4 Å². The number of nitrogens with one attached hydrogen (secondary N) is 2. The van der Waals surface area contributed by atoms with Gasteiger partial charge in [0.2, 0.25) is 0 Å². The Hall–Kier alpha value is -3.55. The quantitative estimate of drug-likeness (QED) is 0.138. The van der Waals surface area contributed by atoms with Crippen LogP contribution in [0.25, 0.3) is 11.4 Å². The van der Waals surface area contributed by atoms with Crippen molar-refractivity contribution in [2.75, 3.05) is 28.4 Å². The smallest absolute Gasteiger partial charge is 0.166 e. The molecule has 0 fully saturated rings. The molecule has 0 heterocycles. The second-order valence-electron chi connectivity index (χ2n) is 10.1. The molecule has 0 aliphatic carbocycles. The summed E-state index contributed by atoms with van der Waals surface area (Å²) in [5.41, 5.74) is 15.4. The predicted octanol–water partition coefficient (Wildman–Crippen LogP) is 7.02. The van der Waals surface area contributed by atoms with Crippen LogP contribution < -0.4 is 31.4 Å². The van der Waals surface area contributed by atoms with Crippen LogP contribution in [0.2, 0.25) is 0 Å². The molecule has 0 saturated carbocycles. The van der Waals surface area contributed by atoms with Gasteiger partial charge in [-0.25, -0.2) is 5.84 Å². The van der Waals surface area contributed by atoms with Gasteiger partial charge < -0.3 is 20.5 Å². The summed E-state index contributed by atoms with van der Waals surface area (Å²) in [4.78, 5) is 0. The predicted molar refractivity (Wildman–Crippen MR) is 163 cm³/mol. The molecule has 196 valence electrons. The zero-order valence-corrected chi connectivity index (χ0v) is 23.7. The third-order valence-electron chi connectivity index (χ3n) is 6.31. The molecule has 3 aromatic rings. The van der Waals surface area contributed by atoms with Gasteiger partial charge in [-0.1, -0.05) is 69.6 Å². The summed E-state index contributed by atoms with van der Waals surface area (Å²) in [5, 5.41) is 5.07.